The van der Waals surface area contributed by atoms with E-state index in [2.05, 4.69) is 5.32 Å². The Hall–Kier alpha value is -1.03. The van der Waals surface area contributed by atoms with Gasteiger partial charge in [-0.1, -0.05) is 0 Å². The molecule has 1 amide bonds. The fourth-order valence-corrected chi connectivity index (χ4v) is 1.03. The number of hydrogen-bond donors (Lipinski definition) is 1. The number of carbonyl (C=O) groups is 1. The fourth-order valence-electron chi connectivity index (χ4n) is 1.03. The summed E-state index contributed by atoms with van der Waals surface area (Å²) in [6, 6.07) is 0. The Labute approximate surface area is 57.8 Å². The average molecular weight is 141 g/mol. The largest absolute Gasteiger partial charge is 0.414 e. The molecular formula is C6H7NO3. The lowest BCUT2D eigenvalue weighted by Crippen LogP contribution is -2.30. The van der Waals surface area contributed by atoms with E-state index in [4.69, 9.17) is 9.47 Å². The van der Waals surface area contributed by atoms with Gasteiger partial charge in [0.2, 0.25) is 0 Å². The van der Waals surface area contributed by atoms with E-state index in [1.165, 1.54) is 0 Å². The third-order valence-corrected chi connectivity index (χ3v) is 1.47. The van der Waals surface area contributed by atoms with Gasteiger partial charge in [0.25, 0.3) is 0 Å². The molecule has 4 heteroatoms. The van der Waals surface area contributed by atoms with Crippen LogP contribution in [0.3, 0.4) is 0 Å². The fraction of sp³-hybridized carbons (Fsp3) is 0.500. The number of nitrogens with one attached hydrogen (secondary N) is 1. The van der Waals surface area contributed by atoms with Crippen molar-refractivity contribution in [1.29, 1.82) is 0 Å². The number of hydrogen-bond acceptors (Lipinski definition) is 3. The molecule has 0 bridgehead atoms. The Morgan fingerprint density at radius 2 is 2.60 bits per heavy atom. The SMILES string of the molecule is O=C1NC2OCCC=C2O1. The average Bonchev–Trinajstić information content (AvgIpc) is 2.27. The van der Waals surface area contributed by atoms with Crippen molar-refractivity contribution in [2.45, 2.75) is 12.6 Å². The molecule has 2 aliphatic rings. The van der Waals surface area contributed by atoms with Crippen LogP contribution in [-0.4, -0.2) is 18.9 Å². The first kappa shape index (κ1) is 5.73. The van der Waals surface area contributed by atoms with Crippen molar-refractivity contribution in [3.05, 3.63) is 11.8 Å². The number of rotatable bonds is 0. The van der Waals surface area contributed by atoms with Crippen molar-refractivity contribution in [1.82, 2.24) is 5.32 Å². The second-order valence-electron chi connectivity index (χ2n) is 2.18. The summed E-state index contributed by atoms with van der Waals surface area (Å²) in [4.78, 5) is 10.6. The predicted molar refractivity (Wildman–Crippen MR) is 32.1 cm³/mol. The van der Waals surface area contributed by atoms with E-state index in [1.54, 1.807) is 0 Å². The van der Waals surface area contributed by atoms with Gasteiger partial charge in [-0.25, -0.2) is 4.79 Å². The highest BCUT2D eigenvalue weighted by Crippen LogP contribution is 2.18. The summed E-state index contributed by atoms with van der Waals surface area (Å²) in [6.07, 6.45) is 1.95. The molecular weight excluding hydrogens is 134 g/mol. The molecule has 10 heavy (non-hydrogen) atoms. The van der Waals surface area contributed by atoms with Gasteiger partial charge in [-0.05, 0) is 12.5 Å². The molecule has 0 aliphatic carbocycles. The minimum atomic E-state index is -0.418. The molecule has 1 saturated heterocycles. The lowest BCUT2D eigenvalue weighted by atomic mass is 10.3. The highest BCUT2D eigenvalue weighted by molar-refractivity contribution is 5.72. The molecule has 54 valence electrons. The highest BCUT2D eigenvalue weighted by atomic mass is 16.6. The number of ether oxygens (including phenoxy) is 2. The van der Waals surface area contributed by atoms with Crippen LogP contribution in [0, 0.1) is 0 Å². The number of amides is 1. The maximum absolute atomic E-state index is 10.6. The van der Waals surface area contributed by atoms with Gasteiger partial charge in [0.05, 0.1) is 6.61 Å². The van der Waals surface area contributed by atoms with Crippen LogP contribution in [0.1, 0.15) is 6.42 Å². The first-order chi connectivity index (χ1) is 4.86. The molecule has 1 fully saturated rings. The first-order valence-corrected chi connectivity index (χ1v) is 3.16. The number of carbonyl (C=O) groups excluding carboxylic acids is 1. The van der Waals surface area contributed by atoms with Crippen LogP contribution in [0.15, 0.2) is 11.8 Å². The molecule has 1 atom stereocenters. The van der Waals surface area contributed by atoms with E-state index in [9.17, 15) is 4.79 Å². The van der Waals surface area contributed by atoms with Gasteiger partial charge in [-0.15, -0.1) is 0 Å². The molecule has 0 spiro atoms. The molecule has 4 nitrogen and oxygen atoms in total. The number of alkyl carbamates (subject to hydrolysis) is 1. The molecule has 1 unspecified atom stereocenters. The predicted octanol–water partition coefficient (Wildman–Crippen LogP) is 0.356. The van der Waals surface area contributed by atoms with Gasteiger partial charge in [-0.3, -0.25) is 5.32 Å². The zero-order chi connectivity index (χ0) is 6.97. The lowest BCUT2D eigenvalue weighted by molar-refractivity contribution is 0.0540. The molecule has 1 N–H and O–H groups in total. The van der Waals surface area contributed by atoms with E-state index < -0.39 is 6.09 Å². The molecule has 2 aliphatic heterocycles. The van der Waals surface area contributed by atoms with Crippen molar-refractivity contribution in [2.75, 3.05) is 6.61 Å². The lowest BCUT2D eigenvalue weighted by Gasteiger charge is -2.13. The second kappa shape index (κ2) is 1.98. The van der Waals surface area contributed by atoms with Crippen molar-refractivity contribution in [3.63, 3.8) is 0 Å². The van der Waals surface area contributed by atoms with E-state index in [-0.39, 0.29) is 6.23 Å². The van der Waals surface area contributed by atoms with Crippen molar-refractivity contribution in [2.24, 2.45) is 0 Å². The molecule has 0 saturated carbocycles. The molecule has 0 aromatic carbocycles. The van der Waals surface area contributed by atoms with Crippen LogP contribution in [0.4, 0.5) is 4.79 Å². The molecule has 0 aromatic rings. The van der Waals surface area contributed by atoms with Crippen LogP contribution in [0.5, 0.6) is 0 Å². The monoisotopic (exact) mass is 141 g/mol. The molecule has 0 radical (unpaired) electrons. The van der Waals surface area contributed by atoms with Crippen LogP contribution in [0.25, 0.3) is 0 Å². The summed E-state index contributed by atoms with van der Waals surface area (Å²) >= 11 is 0. The van der Waals surface area contributed by atoms with Gasteiger partial charge in [0.1, 0.15) is 0 Å². The molecule has 2 rings (SSSR count). The third-order valence-electron chi connectivity index (χ3n) is 1.47. The molecule has 2 heterocycles. The molecule has 0 aromatic heterocycles. The van der Waals surface area contributed by atoms with E-state index in [0.717, 1.165) is 6.42 Å². The standard InChI is InChI=1S/C6H7NO3/c8-6-7-5-4(10-6)2-1-3-9-5/h2,5H,1,3H2,(H,7,8). The Bertz CT molecular complexity index is 199. The van der Waals surface area contributed by atoms with E-state index in [1.807, 2.05) is 6.08 Å². The van der Waals surface area contributed by atoms with Crippen LogP contribution >= 0.6 is 0 Å². The van der Waals surface area contributed by atoms with E-state index in [0.29, 0.717) is 12.4 Å². The zero-order valence-corrected chi connectivity index (χ0v) is 5.29. The maximum Gasteiger partial charge on any atom is 0.414 e. The summed E-state index contributed by atoms with van der Waals surface area (Å²) < 4.78 is 9.90. The second-order valence-corrected chi connectivity index (χ2v) is 2.18. The first-order valence-electron chi connectivity index (χ1n) is 3.16. The summed E-state index contributed by atoms with van der Waals surface area (Å²) in [5.41, 5.74) is 0. The quantitative estimate of drug-likeness (QED) is 0.529. The van der Waals surface area contributed by atoms with Crippen molar-refractivity contribution < 1.29 is 14.3 Å². The summed E-state index contributed by atoms with van der Waals surface area (Å²) in [7, 11) is 0. The minimum Gasteiger partial charge on any atom is -0.410 e. The van der Waals surface area contributed by atoms with Crippen LogP contribution < -0.4 is 5.32 Å². The van der Waals surface area contributed by atoms with Gasteiger partial charge in [0.15, 0.2) is 12.0 Å². The van der Waals surface area contributed by atoms with Gasteiger partial charge in [0, 0.05) is 0 Å². The smallest absolute Gasteiger partial charge is 0.410 e. The normalized spacial score (nSPS) is 30.2. The summed E-state index contributed by atoms with van der Waals surface area (Å²) in [5, 5.41) is 2.50. The minimum absolute atomic E-state index is 0.318. The Kier molecular flexibility index (Phi) is 1.14. The van der Waals surface area contributed by atoms with E-state index >= 15 is 0 Å². The Balaban J connectivity index is 2.20. The van der Waals surface area contributed by atoms with Crippen molar-refractivity contribution >= 4 is 6.09 Å². The van der Waals surface area contributed by atoms with Gasteiger partial charge < -0.3 is 9.47 Å². The summed E-state index contributed by atoms with van der Waals surface area (Å²) in [5.74, 6) is 0.608. The number of fused-ring (bicyclic) bond motifs is 1. The summed E-state index contributed by atoms with van der Waals surface area (Å²) in [6.45, 7) is 0.651. The Morgan fingerprint density at radius 1 is 1.70 bits per heavy atom. The highest BCUT2D eigenvalue weighted by Gasteiger charge is 2.30. The van der Waals surface area contributed by atoms with Crippen LogP contribution in [0.2, 0.25) is 0 Å². The van der Waals surface area contributed by atoms with Gasteiger partial charge >= 0.3 is 6.09 Å². The Morgan fingerprint density at radius 3 is 3.40 bits per heavy atom. The van der Waals surface area contributed by atoms with Gasteiger partial charge in [-0.2, -0.15) is 0 Å². The van der Waals surface area contributed by atoms with Crippen LogP contribution in [-0.2, 0) is 9.47 Å². The third kappa shape index (κ3) is 0.769. The zero-order valence-electron chi connectivity index (χ0n) is 5.29. The maximum atomic E-state index is 10.6. The topological polar surface area (TPSA) is 47.6 Å². The van der Waals surface area contributed by atoms with Crippen molar-refractivity contribution in [3.8, 4) is 0 Å².